The summed E-state index contributed by atoms with van der Waals surface area (Å²) >= 11 is 0. The average Bonchev–Trinajstić information content (AvgIpc) is 2.70. The maximum absolute atomic E-state index is 10.9. The third kappa shape index (κ3) is 23.7. The number of carbonyl (C=O) groups excluding carboxylic acids is 1. The van der Waals surface area contributed by atoms with Crippen LogP contribution in [0.15, 0.2) is 0 Å². The van der Waals surface area contributed by atoms with Crippen molar-refractivity contribution in [3.63, 3.8) is 0 Å². The van der Waals surface area contributed by atoms with Crippen LogP contribution in [0.3, 0.4) is 0 Å². The van der Waals surface area contributed by atoms with Crippen LogP contribution >= 0.6 is 0 Å². The van der Waals surface area contributed by atoms with E-state index in [2.05, 4.69) is 13.8 Å². The van der Waals surface area contributed by atoms with E-state index in [1.165, 1.54) is 89.9 Å². The zero-order chi connectivity index (χ0) is 21.4. The Bertz CT molecular complexity index is 314. The van der Waals surface area contributed by atoms with Crippen molar-refractivity contribution in [3.8, 4) is 0 Å². The van der Waals surface area contributed by atoms with Gasteiger partial charge >= 0.3 is 0 Å². The highest BCUT2D eigenvalue weighted by atomic mass is 16.7. The number of hydrogen-bond acceptors (Lipinski definition) is 3. The molecule has 0 radical (unpaired) electrons. The lowest BCUT2D eigenvalue weighted by Gasteiger charge is -2.17. The molecule has 3 heteroatoms. The van der Waals surface area contributed by atoms with E-state index in [1.54, 1.807) is 6.92 Å². The molecule has 0 saturated carbocycles. The van der Waals surface area contributed by atoms with Crippen molar-refractivity contribution in [2.75, 3.05) is 20.0 Å². The van der Waals surface area contributed by atoms with Crippen molar-refractivity contribution in [3.05, 3.63) is 0 Å². The predicted octanol–water partition coefficient (Wildman–Crippen LogP) is 8.24. The van der Waals surface area contributed by atoms with E-state index >= 15 is 0 Å². The first-order valence-electron chi connectivity index (χ1n) is 12.9. The quantitative estimate of drug-likeness (QED) is 0.118. The average molecular weight is 413 g/mol. The summed E-state index contributed by atoms with van der Waals surface area (Å²) in [6.45, 7) is 8.25. The van der Waals surface area contributed by atoms with E-state index in [1.807, 2.05) is 0 Å². The van der Waals surface area contributed by atoms with E-state index < -0.39 is 0 Å². The summed E-state index contributed by atoms with van der Waals surface area (Å²) in [5, 5.41) is 0. The van der Waals surface area contributed by atoms with Crippen molar-refractivity contribution >= 4 is 5.78 Å². The zero-order valence-corrected chi connectivity index (χ0v) is 20.2. The second-order valence-corrected chi connectivity index (χ2v) is 8.89. The van der Waals surface area contributed by atoms with Crippen LogP contribution in [-0.2, 0) is 14.3 Å². The molecule has 0 unspecified atom stereocenters. The second kappa shape index (κ2) is 23.9. The van der Waals surface area contributed by atoms with Gasteiger partial charge in [0.15, 0.2) is 0 Å². The van der Waals surface area contributed by atoms with Gasteiger partial charge in [0, 0.05) is 13.0 Å². The first-order chi connectivity index (χ1) is 14.2. The number of unbranched alkanes of at least 4 members (excludes halogenated alkanes) is 12. The van der Waals surface area contributed by atoms with E-state index in [4.69, 9.17) is 9.47 Å². The van der Waals surface area contributed by atoms with E-state index in [-0.39, 0.29) is 5.78 Å². The van der Waals surface area contributed by atoms with Crippen LogP contribution in [0, 0.1) is 5.92 Å². The lowest BCUT2D eigenvalue weighted by Crippen LogP contribution is -2.12. The highest BCUT2D eigenvalue weighted by Crippen LogP contribution is 2.19. The van der Waals surface area contributed by atoms with E-state index in [0.29, 0.717) is 19.1 Å². The third-order valence-electron chi connectivity index (χ3n) is 5.77. The van der Waals surface area contributed by atoms with Crippen LogP contribution in [0.25, 0.3) is 0 Å². The van der Waals surface area contributed by atoms with Crippen LogP contribution in [0.1, 0.15) is 136 Å². The smallest absolute Gasteiger partial charge is 0.146 e. The number of ketones is 1. The molecule has 0 aromatic rings. The second-order valence-electron chi connectivity index (χ2n) is 8.89. The molecule has 0 atom stereocenters. The number of ether oxygens (including phenoxy) is 2. The molecule has 0 saturated heterocycles. The van der Waals surface area contributed by atoms with Crippen molar-refractivity contribution in [2.24, 2.45) is 5.92 Å². The lowest BCUT2D eigenvalue weighted by molar-refractivity contribution is -0.117. The molecule has 0 rings (SSSR count). The number of Topliss-reactive ketones (excluding diaryl/α,β-unsaturated/α-hetero) is 1. The Morgan fingerprint density at radius 1 is 0.655 bits per heavy atom. The molecule has 0 aliphatic heterocycles. The maximum atomic E-state index is 10.9. The van der Waals surface area contributed by atoms with Gasteiger partial charge < -0.3 is 14.3 Å². The molecule has 0 fully saturated rings. The van der Waals surface area contributed by atoms with Gasteiger partial charge in [-0.3, -0.25) is 0 Å². The summed E-state index contributed by atoms with van der Waals surface area (Å²) in [7, 11) is 0. The molecular formula is C26H52O3. The summed E-state index contributed by atoms with van der Waals surface area (Å²) in [4.78, 5) is 10.9. The monoisotopic (exact) mass is 412 g/mol. The largest absolute Gasteiger partial charge is 0.355 e. The maximum Gasteiger partial charge on any atom is 0.146 e. The molecule has 3 nitrogen and oxygen atoms in total. The van der Waals surface area contributed by atoms with Crippen molar-refractivity contribution < 1.29 is 14.3 Å². The Kier molecular flexibility index (Phi) is 23.5. The fourth-order valence-corrected chi connectivity index (χ4v) is 3.83. The minimum absolute atomic E-state index is 0.288. The molecule has 0 aliphatic rings. The Morgan fingerprint density at radius 2 is 1.17 bits per heavy atom. The predicted molar refractivity (Wildman–Crippen MR) is 125 cm³/mol. The SMILES string of the molecule is CCCCCCCCC(CCCCCCCC)COCOCCCCCC(C)=O. The normalized spacial score (nSPS) is 11.4. The Hall–Kier alpha value is -0.410. The fourth-order valence-electron chi connectivity index (χ4n) is 3.83. The van der Waals surface area contributed by atoms with Gasteiger partial charge in [-0.05, 0) is 38.5 Å². The number of rotatable bonds is 24. The Morgan fingerprint density at radius 3 is 1.72 bits per heavy atom. The Labute approximate surface area is 182 Å². The summed E-state index contributed by atoms with van der Waals surface area (Å²) < 4.78 is 11.5. The van der Waals surface area contributed by atoms with Gasteiger partial charge in [0.1, 0.15) is 12.6 Å². The zero-order valence-electron chi connectivity index (χ0n) is 20.2. The van der Waals surface area contributed by atoms with Crippen molar-refractivity contribution in [1.82, 2.24) is 0 Å². The molecule has 0 heterocycles. The summed E-state index contributed by atoms with van der Waals surface area (Å²) in [5.41, 5.74) is 0. The number of carbonyl (C=O) groups is 1. The van der Waals surface area contributed by atoms with Gasteiger partial charge in [0.2, 0.25) is 0 Å². The van der Waals surface area contributed by atoms with Crippen LogP contribution in [0.2, 0.25) is 0 Å². The summed E-state index contributed by atoms with van der Waals surface area (Å²) in [6, 6.07) is 0. The van der Waals surface area contributed by atoms with Gasteiger partial charge in [-0.2, -0.15) is 0 Å². The molecule has 174 valence electrons. The lowest BCUT2D eigenvalue weighted by atomic mass is 9.95. The van der Waals surface area contributed by atoms with Crippen molar-refractivity contribution in [2.45, 2.75) is 136 Å². The molecule has 0 aromatic heterocycles. The molecule has 0 N–H and O–H groups in total. The molecule has 0 aromatic carbocycles. The van der Waals surface area contributed by atoms with Gasteiger partial charge in [0.25, 0.3) is 0 Å². The van der Waals surface area contributed by atoms with Gasteiger partial charge in [-0.15, -0.1) is 0 Å². The highest BCUT2D eigenvalue weighted by molar-refractivity contribution is 5.75. The first-order valence-corrected chi connectivity index (χ1v) is 12.9. The number of hydrogen-bond donors (Lipinski definition) is 0. The Balaban J connectivity index is 3.78. The standard InChI is InChI=1S/C26H52O3/c1-4-6-8-10-12-16-20-26(21-17-13-11-9-7-5-2)23-29-24-28-22-18-14-15-19-25(3)27/h26H,4-24H2,1-3H3. The van der Waals surface area contributed by atoms with Crippen LogP contribution in [0.5, 0.6) is 0 Å². The van der Waals surface area contributed by atoms with E-state index in [0.717, 1.165) is 32.5 Å². The topological polar surface area (TPSA) is 35.5 Å². The van der Waals surface area contributed by atoms with E-state index in [9.17, 15) is 4.79 Å². The van der Waals surface area contributed by atoms with Crippen molar-refractivity contribution in [1.29, 1.82) is 0 Å². The molecule has 29 heavy (non-hydrogen) atoms. The minimum atomic E-state index is 0.288. The highest BCUT2D eigenvalue weighted by Gasteiger charge is 2.09. The minimum Gasteiger partial charge on any atom is -0.355 e. The van der Waals surface area contributed by atoms with Crippen LogP contribution < -0.4 is 0 Å². The first kappa shape index (κ1) is 28.6. The fraction of sp³-hybridized carbons (Fsp3) is 0.962. The molecule has 0 amide bonds. The van der Waals surface area contributed by atoms with Crippen LogP contribution in [-0.4, -0.2) is 25.8 Å². The summed E-state index contributed by atoms with van der Waals surface area (Å²) in [5.74, 6) is 0.988. The molecule has 0 spiro atoms. The van der Waals surface area contributed by atoms with Gasteiger partial charge in [-0.1, -0.05) is 97.3 Å². The van der Waals surface area contributed by atoms with Gasteiger partial charge in [-0.25, -0.2) is 0 Å². The third-order valence-corrected chi connectivity index (χ3v) is 5.77. The van der Waals surface area contributed by atoms with Gasteiger partial charge in [0.05, 0.1) is 6.61 Å². The molecular weight excluding hydrogens is 360 g/mol. The molecule has 0 aliphatic carbocycles. The molecule has 0 bridgehead atoms. The van der Waals surface area contributed by atoms with Crippen LogP contribution in [0.4, 0.5) is 0 Å². The summed E-state index contributed by atoms with van der Waals surface area (Å²) in [6.07, 6.45) is 22.9.